The molecule has 0 aliphatic carbocycles. The van der Waals surface area contributed by atoms with E-state index in [1.54, 1.807) is 0 Å². The van der Waals surface area contributed by atoms with Gasteiger partial charge in [0.15, 0.2) is 0 Å². The van der Waals surface area contributed by atoms with Gasteiger partial charge in [-0.3, -0.25) is 4.98 Å². The highest BCUT2D eigenvalue weighted by Crippen LogP contribution is 2.23. The Labute approximate surface area is 121 Å². The Balaban J connectivity index is 2.19. The normalized spacial score (nSPS) is 10.3. The molecule has 0 bridgehead atoms. The summed E-state index contributed by atoms with van der Waals surface area (Å²) >= 11 is 2.95. The number of rotatable bonds is 4. The van der Waals surface area contributed by atoms with Gasteiger partial charge >= 0.3 is 5.97 Å². The first-order valence-corrected chi connectivity index (χ1v) is 6.22. The summed E-state index contributed by atoms with van der Waals surface area (Å²) in [5.41, 5.74) is -0.321. The molecule has 0 radical (unpaired) electrons. The summed E-state index contributed by atoms with van der Waals surface area (Å²) in [7, 11) is 0. The van der Waals surface area contributed by atoms with E-state index in [4.69, 9.17) is 9.84 Å². The summed E-state index contributed by atoms with van der Waals surface area (Å²) in [5.74, 6) is -2.55. The fourth-order valence-electron chi connectivity index (χ4n) is 1.47. The summed E-state index contributed by atoms with van der Waals surface area (Å²) in [6.45, 7) is -0.373. The second-order valence-electron chi connectivity index (χ2n) is 3.82. The van der Waals surface area contributed by atoms with E-state index in [1.165, 1.54) is 18.3 Å². The van der Waals surface area contributed by atoms with Gasteiger partial charge in [0.1, 0.15) is 24.0 Å². The topological polar surface area (TPSA) is 59.4 Å². The number of nitrogens with zero attached hydrogens (tertiary/aromatic N) is 1. The van der Waals surface area contributed by atoms with Crippen LogP contribution in [0.3, 0.4) is 0 Å². The average Bonchev–Trinajstić information content (AvgIpc) is 2.43. The van der Waals surface area contributed by atoms with Crippen molar-refractivity contribution in [1.29, 1.82) is 0 Å². The molecule has 20 heavy (non-hydrogen) atoms. The van der Waals surface area contributed by atoms with E-state index in [9.17, 15) is 13.6 Å². The number of carbonyl (C=O) groups is 1. The Morgan fingerprint density at radius 1 is 1.35 bits per heavy atom. The van der Waals surface area contributed by atoms with E-state index in [1.807, 2.05) is 0 Å². The maximum atomic E-state index is 13.7. The van der Waals surface area contributed by atoms with Crippen LogP contribution in [0.5, 0.6) is 5.75 Å². The highest BCUT2D eigenvalue weighted by atomic mass is 79.9. The lowest BCUT2D eigenvalue weighted by molar-refractivity contribution is 0.0695. The van der Waals surface area contributed by atoms with Gasteiger partial charge in [-0.2, -0.15) is 0 Å². The van der Waals surface area contributed by atoms with Crippen molar-refractivity contribution in [3.63, 3.8) is 0 Å². The first-order valence-electron chi connectivity index (χ1n) is 5.42. The summed E-state index contributed by atoms with van der Waals surface area (Å²) < 4.78 is 32.5. The Morgan fingerprint density at radius 3 is 2.80 bits per heavy atom. The molecule has 0 fully saturated rings. The number of hydrogen-bond acceptors (Lipinski definition) is 3. The largest absolute Gasteiger partial charge is 0.487 e. The minimum atomic E-state index is -1.16. The van der Waals surface area contributed by atoms with E-state index >= 15 is 0 Å². The first kappa shape index (κ1) is 14.4. The standard InChI is InChI=1S/C13H8BrF2NO3/c14-10-1-2-11(15)9(12(10)16)6-20-8-3-7(13(18)19)4-17-5-8/h1-5H,6H2,(H,18,19). The molecule has 104 valence electrons. The predicted molar refractivity (Wildman–Crippen MR) is 69.6 cm³/mol. The van der Waals surface area contributed by atoms with Gasteiger partial charge in [-0.05, 0) is 34.1 Å². The van der Waals surface area contributed by atoms with Crippen LogP contribution in [0.15, 0.2) is 35.1 Å². The molecule has 0 saturated heterocycles. The highest BCUT2D eigenvalue weighted by molar-refractivity contribution is 9.10. The molecule has 1 N–H and O–H groups in total. The van der Waals surface area contributed by atoms with Crippen LogP contribution in [0.4, 0.5) is 8.78 Å². The summed E-state index contributed by atoms with van der Waals surface area (Å²) in [6.07, 6.45) is 2.41. The number of benzene rings is 1. The van der Waals surface area contributed by atoms with Crippen LogP contribution in [-0.2, 0) is 6.61 Å². The third kappa shape index (κ3) is 3.11. The minimum Gasteiger partial charge on any atom is -0.487 e. The molecule has 0 atom stereocenters. The van der Waals surface area contributed by atoms with E-state index in [-0.39, 0.29) is 28.0 Å². The molecule has 1 heterocycles. The van der Waals surface area contributed by atoms with Gasteiger partial charge in [0.05, 0.1) is 21.8 Å². The van der Waals surface area contributed by atoms with E-state index in [0.717, 1.165) is 12.3 Å². The van der Waals surface area contributed by atoms with Gasteiger partial charge in [-0.1, -0.05) is 0 Å². The van der Waals surface area contributed by atoms with Crippen LogP contribution in [-0.4, -0.2) is 16.1 Å². The summed E-state index contributed by atoms with van der Waals surface area (Å²) in [4.78, 5) is 14.4. The van der Waals surface area contributed by atoms with Crippen molar-refractivity contribution in [3.05, 3.63) is 57.8 Å². The second-order valence-corrected chi connectivity index (χ2v) is 4.68. The van der Waals surface area contributed by atoms with Gasteiger partial charge in [0, 0.05) is 6.20 Å². The van der Waals surface area contributed by atoms with Crippen molar-refractivity contribution >= 4 is 21.9 Å². The van der Waals surface area contributed by atoms with Crippen molar-refractivity contribution in [3.8, 4) is 5.75 Å². The zero-order valence-electron chi connectivity index (χ0n) is 9.94. The third-order valence-corrected chi connectivity index (χ3v) is 3.09. The Kier molecular flexibility index (Phi) is 4.29. The van der Waals surface area contributed by atoms with Crippen molar-refractivity contribution in [2.24, 2.45) is 0 Å². The lowest BCUT2D eigenvalue weighted by Gasteiger charge is -2.09. The minimum absolute atomic E-state index is 0.0716. The molecular weight excluding hydrogens is 336 g/mol. The Morgan fingerprint density at radius 2 is 2.10 bits per heavy atom. The highest BCUT2D eigenvalue weighted by Gasteiger charge is 2.13. The van der Waals surface area contributed by atoms with Gasteiger partial charge < -0.3 is 9.84 Å². The van der Waals surface area contributed by atoms with Crippen molar-refractivity contribution < 1.29 is 23.4 Å². The van der Waals surface area contributed by atoms with Crippen molar-refractivity contribution in [2.75, 3.05) is 0 Å². The molecule has 0 unspecified atom stereocenters. The number of hydrogen-bond donors (Lipinski definition) is 1. The molecule has 2 aromatic rings. The maximum absolute atomic E-state index is 13.7. The molecule has 1 aromatic carbocycles. The smallest absolute Gasteiger partial charge is 0.337 e. The van der Waals surface area contributed by atoms with Crippen LogP contribution < -0.4 is 4.74 Å². The van der Waals surface area contributed by atoms with Gasteiger partial charge in [-0.15, -0.1) is 0 Å². The molecule has 1 aromatic heterocycles. The number of halogens is 3. The van der Waals surface area contributed by atoms with Crippen LogP contribution in [0, 0.1) is 11.6 Å². The van der Waals surface area contributed by atoms with Crippen LogP contribution in [0.1, 0.15) is 15.9 Å². The second kappa shape index (κ2) is 5.96. The number of carboxylic acid groups (broad SMARTS) is 1. The molecule has 4 nitrogen and oxygen atoms in total. The van der Waals surface area contributed by atoms with Crippen LogP contribution in [0.2, 0.25) is 0 Å². The number of aromatic carboxylic acids is 1. The fourth-order valence-corrected chi connectivity index (χ4v) is 1.84. The zero-order valence-corrected chi connectivity index (χ0v) is 11.5. The predicted octanol–water partition coefficient (Wildman–Crippen LogP) is 3.40. The summed E-state index contributed by atoms with van der Waals surface area (Å²) in [5, 5.41) is 8.80. The molecule has 0 aliphatic heterocycles. The molecule has 0 amide bonds. The van der Waals surface area contributed by atoms with E-state index in [0.29, 0.717) is 0 Å². The lowest BCUT2D eigenvalue weighted by Crippen LogP contribution is -2.04. The average molecular weight is 344 g/mol. The lowest BCUT2D eigenvalue weighted by atomic mass is 10.2. The Bertz CT molecular complexity index is 664. The van der Waals surface area contributed by atoms with Crippen LogP contribution >= 0.6 is 15.9 Å². The number of pyridine rings is 1. The molecule has 0 saturated carbocycles. The number of carboxylic acids is 1. The van der Waals surface area contributed by atoms with E-state index in [2.05, 4.69) is 20.9 Å². The molecule has 2 rings (SSSR count). The fraction of sp³-hybridized carbons (Fsp3) is 0.0769. The van der Waals surface area contributed by atoms with Gasteiger partial charge in [-0.25, -0.2) is 13.6 Å². The number of ether oxygens (including phenoxy) is 1. The molecule has 0 aliphatic rings. The van der Waals surface area contributed by atoms with Crippen molar-refractivity contribution in [2.45, 2.75) is 6.61 Å². The SMILES string of the molecule is O=C(O)c1cncc(OCc2c(F)ccc(Br)c2F)c1. The molecular formula is C13H8BrF2NO3. The van der Waals surface area contributed by atoms with Gasteiger partial charge in [0.25, 0.3) is 0 Å². The van der Waals surface area contributed by atoms with E-state index < -0.39 is 17.6 Å². The molecule has 0 spiro atoms. The maximum Gasteiger partial charge on any atom is 0.337 e. The number of aromatic nitrogens is 1. The first-order chi connectivity index (χ1) is 9.49. The molecule has 7 heteroatoms. The van der Waals surface area contributed by atoms with Gasteiger partial charge in [0.2, 0.25) is 0 Å². The monoisotopic (exact) mass is 343 g/mol. The Hall–Kier alpha value is -2.02. The van der Waals surface area contributed by atoms with Crippen LogP contribution in [0.25, 0.3) is 0 Å². The zero-order chi connectivity index (χ0) is 14.7. The van der Waals surface area contributed by atoms with Crippen molar-refractivity contribution in [1.82, 2.24) is 4.98 Å². The summed E-state index contributed by atoms with van der Waals surface area (Å²) in [6, 6.07) is 3.58. The third-order valence-electron chi connectivity index (χ3n) is 2.48. The quantitative estimate of drug-likeness (QED) is 0.864.